The van der Waals surface area contributed by atoms with E-state index in [2.05, 4.69) is 25.9 Å². The number of ether oxygens (including phenoxy) is 1. The van der Waals surface area contributed by atoms with Crippen LogP contribution < -0.4 is 4.74 Å². The molecular weight excluding hydrogens is 164 g/mol. The Morgan fingerprint density at radius 3 is 3.08 bits per heavy atom. The van der Waals surface area contributed by atoms with Gasteiger partial charge in [0.05, 0.1) is 12.3 Å². The number of rotatable bonds is 1. The molecular formula is C10H16N2O. The van der Waals surface area contributed by atoms with Gasteiger partial charge >= 0.3 is 0 Å². The average Bonchev–Trinajstić information content (AvgIpc) is 2.46. The van der Waals surface area contributed by atoms with Crippen molar-refractivity contribution >= 4 is 0 Å². The van der Waals surface area contributed by atoms with Crippen LogP contribution >= 0.6 is 0 Å². The van der Waals surface area contributed by atoms with Gasteiger partial charge in [0, 0.05) is 18.5 Å². The molecule has 3 nitrogen and oxygen atoms in total. The van der Waals surface area contributed by atoms with Gasteiger partial charge in [-0.2, -0.15) is 5.10 Å². The molecule has 0 amide bonds. The Bertz CT molecular complexity index is 304. The topological polar surface area (TPSA) is 27.1 Å². The quantitative estimate of drug-likeness (QED) is 0.662. The first kappa shape index (κ1) is 8.60. The normalized spacial score (nSPS) is 21.4. The number of fused-ring (bicyclic) bond motifs is 1. The van der Waals surface area contributed by atoms with Gasteiger partial charge < -0.3 is 4.74 Å². The Balaban J connectivity index is 2.35. The molecule has 0 N–H and O–H groups in total. The summed E-state index contributed by atoms with van der Waals surface area (Å²) in [5.41, 5.74) is 1.23. The predicted molar refractivity (Wildman–Crippen MR) is 51.0 cm³/mol. The van der Waals surface area contributed by atoms with Gasteiger partial charge in [0.2, 0.25) is 5.88 Å². The van der Waals surface area contributed by atoms with Crippen LogP contribution in [0.2, 0.25) is 0 Å². The maximum absolute atomic E-state index is 5.76. The fraction of sp³-hybridized carbons (Fsp3) is 0.700. The molecule has 72 valence electrons. The summed E-state index contributed by atoms with van der Waals surface area (Å²) in [6.07, 6.45) is 3.33. The highest BCUT2D eigenvalue weighted by atomic mass is 16.5. The lowest BCUT2D eigenvalue weighted by molar-refractivity contribution is 0.147. The Hall–Kier alpha value is -0.990. The van der Waals surface area contributed by atoms with Gasteiger partial charge in [0.15, 0.2) is 0 Å². The molecule has 0 fully saturated rings. The Morgan fingerprint density at radius 2 is 2.38 bits per heavy atom. The maximum Gasteiger partial charge on any atom is 0.215 e. The van der Waals surface area contributed by atoms with E-state index in [9.17, 15) is 0 Å². The third-order valence-electron chi connectivity index (χ3n) is 2.50. The molecule has 0 saturated carbocycles. The van der Waals surface area contributed by atoms with Crippen LogP contribution in [0.4, 0.5) is 0 Å². The van der Waals surface area contributed by atoms with Gasteiger partial charge in [0.25, 0.3) is 0 Å². The monoisotopic (exact) mass is 180 g/mol. The molecule has 1 aromatic heterocycles. The smallest absolute Gasteiger partial charge is 0.215 e. The maximum atomic E-state index is 5.76. The minimum Gasteiger partial charge on any atom is -0.475 e. The zero-order valence-corrected chi connectivity index (χ0v) is 8.45. The van der Waals surface area contributed by atoms with E-state index in [1.807, 2.05) is 10.9 Å². The number of hydrogen-bond acceptors (Lipinski definition) is 2. The van der Waals surface area contributed by atoms with Crippen molar-refractivity contribution in [2.45, 2.75) is 45.8 Å². The highest BCUT2D eigenvalue weighted by Gasteiger charge is 2.21. The van der Waals surface area contributed by atoms with E-state index >= 15 is 0 Å². The van der Waals surface area contributed by atoms with Gasteiger partial charge in [-0.05, 0) is 12.8 Å². The van der Waals surface area contributed by atoms with Crippen LogP contribution in [-0.2, 0) is 6.54 Å². The SMILES string of the molecule is CC1CCn2ncc(C(C)C)c2O1. The zero-order valence-electron chi connectivity index (χ0n) is 8.45. The van der Waals surface area contributed by atoms with Gasteiger partial charge in [-0.25, -0.2) is 4.68 Å². The number of aromatic nitrogens is 2. The molecule has 0 saturated heterocycles. The van der Waals surface area contributed by atoms with Gasteiger partial charge in [0.1, 0.15) is 0 Å². The van der Waals surface area contributed by atoms with E-state index < -0.39 is 0 Å². The molecule has 0 aliphatic carbocycles. The number of hydrogen-bond donors (Lipinski definition) is 0. The van der Waals surface area contributed by atoms with E-state index in [-0.39, 0.29) is 0 Å². The standard InChI is InChI=1S/C10H16N2O/c1-7(2)9-6-11-12-5-4-8(3)13-10(9)12/h6-8H,4-5H2,1-3H3. The molecule has 2 rings (SSSR count). The minimum atomic E-state index is 0.335. The van der Waals surface area contributed by atoms with E-state index in [0.29, 0.717) is 12.0 Å². The van der Waals surface area contributed by atoms with Crippen LogP contribution in [0.15, 0.2) is 6.20 Å². The van der Waals surface area contributed by atoms with Gasteiger partial charge in [-0.1, -0.05) is 13.8 Å². The van der Waals surface area contributed by atoms with Crippen LogP contribution in [0.3, 0.4) is 0 Å². The first-order valence-electron chi connectivity index (χ1n) is 4.91. The lowest BCUT2D eigenvalue weighted by Gasteiger charge is -2.23. The van der Waals surface area contributed by atoms with Crippen molar-refractivity contribution in [3.05, 3.63) is 11.8 Å². The minimum absolute atomic E-state index is 0.335. The summed E-state index contributed by atoms with van der Waals surface area (Å²) in [6.45, 7) is 7.44. The molecule has 0 aromatic carbocycles. The summed E-state index contributed by atoms with van der Waals surface area (Å²) in [7, 11) is 0. The molecule has 1 atom stereocenters. The van der Waals surface area contributed by atoms with E-state index in [0.717, 1.165) is 18.8 Å². The van der Waals surface area contributed by atoms with Crippen molar-refractivity contribution in [2.24, 2.45) is 0 Å². The molecule has 2 heterocycles. The van der Waals surface area contributed by atoms with Crippen molar-refractivity contribution in [1.82, 2.24) is 9.78 Å². The van der Waals surface area contributed by atoms with Crippen molar-refractivity contribution in [2.75, 3.05) is 0 Å². The first-order chi connectivity index (χ1) is 6.18. The summed E-state index contributed by atoms with van der Waals surface area (Å²) < 4.78 is 7.73. The molecule has 3 heteroatoms. The van der Waals surface area contributed by atoms with Gasteiger partial charge in [-0.15, -0.1) is 0 Å². The average molecular weight is 180 g/mol. The van der Waals surface area contributed by atoms with Crippen molar-refractivity contribution in [3.8, 4) is 5.88 Å². The highest BCUT2D eigenvalue weighted by Crippen LogP contribution is 2.30. The molecule has 13 heavy (non-hydrogen) atoms. The van der Waals surface area contributed by atoms with E-state index in [1.54, 1.807) is 0 Å². The van der Waals surface area contributed by atoms with Gasteiger partial charge in [-0.3, -0.25) is 0 Å². The molecule has 1 aliphatic rings. The molecule has 0 bridgehead atoms. The second-order valence-electron chi connectivity index (χ2n) is 4.00. The Kier molecular flexibility index (Phi) is 2.02. The van der Waals surface area contributed by atoms with E-state index in [4.69, 9.17) is 4.74 Å². The summed E-state index contributed by atoms with van der Waals surface area (Å²) in [6, 6.07) is 0. The van der Waals surface area contributed by atoms with E-state index in [1.165, 1.54) is 5.56 Å². The van der Waals surface area contributed by atoms with Crippen LogP contribution in [0.1, 0.15) is 38.7 Å². The van der Waals surface area contributed by atoms with Crippen LogP contribution in [0.25, 0.3) is 0 Å². The fourth-order valence-corrected chi connectivity index (χ4v) is 1.63. The van der Waals surface area contributed by atoms with Crippen molar-refractivity contribution < 1.29 is 4.74 Å². The molecule has 0 radical (unpaired) electrons. The third-order valence-corrected chi connectivity index (χ3v) is 2.50. The van der Waals surface area contributed by atoms with Crippen LogP contribution in [-0.4, -0.2) is 15.9 Å². The lowest BCUT2D eigenvalue weighted by Crippen LogP contribution is -2.23. The lowest BCUT2D eigenvalue weighted by atomic mass is 10.1. The molecule has 0 spiro atoms. The molecule has 1 aliphatic heterocycles. The highest BCUT2D eigenvalue weighted by molar-refractivity contribution is 5.28. The Morgan fingerprint density at radius 1 is 1.62 bits per heavy atom. The fourth-order valence-electron chi connectivity index (χ4n) is 1.63. The molecule has 1 aromatic rings. The summed E-state index contributed by atoms with van der Waals surface area (Å²) in [5, 5.41) is 4.30. The van der Waals surface area contributed by atoms with Crippen molar-refractivity contribution in [3.63, 3.8) is 0 Å². The molecule has 1 unspecified atom stereocenters. The summed E-state index contributed by atoms with van der Waals surface area (Å²) >= 11 is 0. The first-order valence-corrected chi connectivity index (χ1v) is 4.91. The number of aryl methyl sites for hydroxylation is 1. The second kappa shape index (κ2) is 3.05. The van der Waals surface area contributed by atoms with Crippen LogP contribution in [0.5, 0.6) is 5.88 Å². The predicted octanol–water partition coefficient (Wildman–Crippen LogP) is 2.18. The van der Waals surface area contributed by atoms with Crippen LogP contribution in [0, 0.1) is 0 Å². The summed E-state index contributed by atoms with van der Waals surface area (Å²) in [4.78, 5) is 0. The number of nitrogens with zero attached hydrogens (tertiary/aromatic N) is 2. The largest absolute Gasteiger partial charge is 0.475 e. The third kappa shape index (κ3) is 1.43. The summed E-state index contributed by atoms with van der Waals surface area (Å²) in [5.74, 6) is 1.47. The Labute approximate surface area is 78.7 Å². The zero-order chi connectivity index (χ0) is 9.42. The second-order valence-corrected chi connectivity index (χ2v) is 4.00. The van der Waals surface area contributed by atoms with Crippen molar-refractivity contribution in [1.29, 1.82) is 0 Å².